The second-order valence-electron chi connectivity index (χ2n) is 7.65. The first-order valence-electron chi connectivity index (χ1n) is 10.2. The molecule has 0 amide bonds. The summed E-state index contributed by atoms with van der Waals surface area (Å²) in [6.07, 6.45) is 2.54. The third kappa shape index (κ3) is 3.08. The van der Waals surface area contributed by atoms with E-state index in [2.05, 4.69) is 50.3 Å². The van der Waals surface area contributed by atoms with E-state index in [0.717, 1.165) is 57.3 Å². The van der Waals surface area contributed by atoms with Gasteiger partial charge in [0.15, 0.2) is 5.65 Å². The number of piperazine rings is 1. The zero-order chi connectivity index (χ0) is 19.8. The van der Waals surface area contributed by atoms with Crippen LogP contribution in [0.5, 0.6) is 0 Å². The molecule has 29 heavy (non-hydrogen) atoms. The molecule has 0 spiro atoms. The van der Waals surface area contributed by atoms with Crippen molar-refractivity contribution in [3.05, 3.63) is 47.4 Å². The number of hydrogen-bond acceptors (Lipinski definition) is 7. The summed E-state index contributed by atoms with van der Waals surface area (Å²) in [5, 5.41) is 17.1. The summed E-state index contributed by atoms with van der Waals surface area (Å²) >= 11 is 0. The summed E-state index contributed by atoms with van der Waals surface area (Å²) in [6.45, 7) is 7.91. The molecule has 3 aromatic rings. The molecule has 0 saturated carbocycles. The maximum atomic E-state index is 9.34. The van der Waals surface area contributed by atoms with E-state index in [4.69, 9.17) is 4.98 Å². The smallest absolute Gasteiger partial charge is 0.175 e. The molecule has 1 atom stereocenters. The fourth-order valence-electron chi connectivity index (χ4n) is 4.39. The largest absolute Gasteiger partial charge is 0.354 e. The first-order valence-corrected chi connectivity index (χ1v) is 10.2. The molecule has 0 radical (unpaired) electrons. The van der Waals surface area contributed by atoms with Crippen LogP contribution in [0.15, 0.2) is 30.6 Å². The number of fused-ring (bicyclic) bond motifs is 2. The van der Waals surface area contributed by atoms with Gasteiger partial charge < -0.3 is 15.1 Å². The van der Waals surface area contributed by atoms with Crippen molar-refractivity contribution < 1.29 is 0 Å². The molecule has 2 aliphatic heterocycles. The Labute approximate surface area is 169 Å². The van der Waals surface area contributed by atoms with E-state index in [0.29, 0.717) is 17.1 Å². The van der Waals surface area contributed by atoms with Gasteiger partial charge in [-0.3, -0.25) is 0 Å². The fourth-order valence-corrected chi connectivity index (χ4v) is 4.39. The molecule has 5 heterocycles. The van der Waals surface area contributed by atoms with E-state index in [-0.39, 0.29) is 0 Å². The molecule has 1 N–H and O–H groups in total. The summed E-state index contributed by atoms with van der Waals surface area (Å²) in [4.78, 5) is 14.1. The number of hydrogen-bond donors (Lipinski definition) is 1. The zero-order valence-corrected chi connectivity index (χ0v) is 16.5. The lowest BCUT2D eigenvalue weighted by atomic mass is 9.92. The summed E-state index contributed by atoms with van der Waals surface area (Å²) in [5.74, 6) is 2.41. The van der Waals surface area contributed by atoms with Gasteiger partial charge in [0, 0.05) is 45.2 Å². The van der Waals surface area contributed by atoms with Crippen LogP contribution in [0.2, 0.25) is 0 Å². The van der Waals surface area contributed by atoms with E-state index in [1.807, 2.05) is 12.1 Å². The Morgan fingerprint density at radius 2 is 2.03 bits per heavy atom. The van der Waals surface area contributed by atoms with Gasteiger partial charge >= 0.3 is 0 Å². The summed E-state index contributed by atoms with van der Waals surface area (Å²) < 4.78 is 1.78. The Balaban J connectivity index is 1.50. The summed E-state index contributed by atoms with van der Waals surface area (Å²) in [7, 11) is 0. The average molecular weight is 388 g/mol. The summed E-state index contributed by atoms with van der Waals surface area (Å²) in [6, 6.07) is 10.4. The second kappa shape index (κ2) is 7.33. The maximum absolute atomic E-state index is 9.34. The Bertz CT molecular complexity index is 1080. The van der Waals surface area contributed by atoms with Crippen molar-refractivity contribution in [2.45, 2.75) is 25.8 Å². The monoisotopic (exact) mass is 388 g/mol. The minimum absolute atomic E-state index is 0.357. The van der Waals surface area contributed by atoms with Crippen molar-refractivity contribution >= 4 is 17.3 Å². The summed E-state index contributed by atoms with van der Waals surface area (Å²) in [5.41, 5.74) is 3.64. The molecule has 148 valence electrons. The van der Waals surface area contributed by atoms with E-state index in [1.165, 1.54) is 17.6 Å². The van der Waals surface area contributed by atoms with Gasteiger partial charge in [-0.15, -0.1) is 0 Å². The first-order chi connectivity index (χ1) is 14.3. The number of rotatable bonds is 3. The van der Waals surface area contributed by atoms with Crippen LogP contribution >= 0.6 is 0 Å². The van der Waals surface area contributed by atoms with Gasteiger partial charge in [-0.2, -0.15) is 14.9 Å². The molecule has 2 aliphatic rings. The van der Waals surface area contributed by atoms with Crippen LogP contribution in [0, 0.1) is 11.3 Å². The maximum Gasteiger partial charge on any atom is 0.175 e. The second-order valence-corrected chi connectivity index (χ2v) is 7.65. The fraction of sp³-hybridized carbons (Fsp3) is 0.429. The van der Waals surface area contributed by atoms with E-state index < -0.39 is 0 Å². The molecule has 0 aliphatic carbocycles. The van der Waals surface area contributed by atoms with Crippen molar-refractivity contribution in [1.82, 2.24) is 24.9 Å². The highest BCUT2D eigenvalue weighted by atomic mass is 15.4. The highest BCUT2D eigenvalue weighted by Crippen LogP contribution is 2.34. The van der Waals surface area contributed by atoms with Crippen LogP contribution in [0.25, 0.3) is 5.65 Å². The molecule has 1 fully saturated rings. The number of nitrogens with one attached hydrogen (secondary N) is 1. The Hall–Kier alpha value is -3.18. The molecule has 1 saturated heterocycles. The van der Waals surface area contributed by atoms with Crippen molar-refractivity contribution in [3.8, 4) is 6.07 Å². The lowest BCUT2D eigenvalue weighted by Crippen LogP contribution is -2.44. The lowest BCUT2D eigenvalue weighted by molar-refractivity contribution is 0.553. The van der Waals surface area contributed by atoms with Gasteiger partial charge in [0.2, 0.25) is 0 Å². The Morgan fingerprint density at radius 3 is 2.83 bits per heavy atom. The van der Waals surface area contributed by atoms with Crippen molar-refractivity contribution in [2.75, 3.05) is 42.5 Å². The van der Waals surface area contributed by atoms with Crippen molar-refractivity contribution in [3.63, 3.8) is 0 Å². The van der Waals surface area contributed by atoms with Gasteiger partial charge in [0.25, 0.3) is 0 Å². The van der Waals surface area contributed by atoms with Crippen LogP contribution in [0.3, 0.4) is 0 Å². The van der Waals surface area contributed by atoms with E-state index >= 15 is 0 Å². The number of aromatic nitrogens is 4. The van der Waals surface area contributed by atoms with Crippen LogP contribution in [-0.2, 0) is 6.54 Å². The molecule has 0 unspecified atom stereocenters. The molecule has 8 heteroatoms. The number of pyridine rings is 2. The predicted octanol–water partition coefficient (Wildman–Crippen LogP) is 1.92. The standard InChI is InChI=1S/C21H24N8/c1-2-15-12-28(19-6-4-16(11-22)21-24-14-25-29(19)21)13-17-3-5-18(26-20(15)17)27-9-7-23-8-10-27/h3-6,14-15,23H,2,7-10,12-13H2,1H3/t15-/m1/s1. The quantitative estimate of drug-likeness (QED) is 0.734. The number of nitriles is 1. The number of nitrogens with zero attached hydrogens (tertiary/aromatic N) is 7. The van der Waals surface area contributed by atoms with Gasteiger partial charge in [-0.1, -0.05) is 13.0 Å². The topological polar surface area (TPSA) is 85.4 Å². The Kier molecular flexibility index (Phi) is 4.52. The van der Waals surface area contributed by atoms with E-state index in [1.54, 1.807) is 4.52 Å². The SMILES string of the molecule is CC[C@@H]1CN(c2ccc(C#N)c3ncnn23)Cc2ccc(N3CCNCC3)nc21. The van der Waals surface area contributed by atoms with Crippen LogP contribution in [0.1, 0.15) is 36.1 Å². The highest BCUT2D eigenvalue weighted by molar-refractivity contribution is 5.61. The Morgan fingerprint density at radius 1 is 1.17 bits per heavy atom. The van der Waals surface area contributed by atoms with Gasteiger partial charge in [-0.25, -0.2) is 9.97 Å². The average Bonchev–Trinajstić information content (AvgIpc) is 3.28. The van der Waals surface area contributed by atoms with E-state index in [9.17, 15) is 5.26 Å². The van der Waals surface area contributed by atoms with Crippen molar-refractivity contribution in [2.24, 2.45) is 0 Å². The normalized spacial score (nSPS) is 19.2. The molecular weight excluding hydrogens is 364 g/mol. The number of anilines is 2. The van der Waals surface area contributed by atoms with Gasteiger partial charge in [0.05, 0.1) is 11.3 Å². The first kappa shape index (κ1) is 17.9. The zero-order valence-electron chi connectivity index (χ0n) is 16.5. The van der Waals surface area contributed by atoms with Crippen LogP contribution < -0.4 is 15.1 Å². The molecule has 5 rings (SSSR count). The van der Waals surface area contributed by atoms with Gasteiger partial charge in [0.1, 0.15) is 24.0 Å². The molecule has 3 aromatic heterocycles. The third-order valence-corrected chi connectivity index (χ3v) is 5.97. The van der Waals surface area contributed by atoms with Crippen LogP contribution in [-0.4, -0.2) is 52.3 Å². The highest BCUT2D eigenvalue weighted by Gasteiger charge is 2.28. The molecule has 0 aromatic carbocycles. The minimum Gasteiger partial charge on any atom is -0.354 e. The van der Waals surface area contributed by atoms with Crippen molar-refractivity contribution in [1.29, 1.82) is 5.26 Å². The third-order valence-electron chi connectivity index (χ3n) is 5.97. The molecular formula is C21H24N8. The van der Waals surface area contributed by atoms with Crippen LogP contribution in [0.4, 0.5) is 11.6 Å². The molecule has 8 nitrogen and oxygen atoms in total. The molecule has 0 bridgehead atoms. The minimum atomic E-state index is 0.357. The lowest BCUT2D eigenvalue weighted by Gasteiger charge is -2.36. The predicted molar refractivity (Wildman–Crippen MR) is 111 cm³/mol. The van der Waals surface area contributed by atoms with Gasteiger partial charge in [-0.05, 0) is 30.2 Å².